The molecule has 1 atom stereocenters. The SMILES string of the molecule is O=C(C1CCn2nccc2C1)N1CCC2(CC1)Nc1ccccc1NC2=O. The van der Waals surface area contributed by atoms with Gasteiger partial charge in [0.2, 0.25) is 11.8 Å². The standard InChI is InChI=1S/C20H23N5O2/c26-18(14-6-10-25-15(13-14)5-9-21-25)24-11-7-20(8-12-24)19(27)22-16-3-1-2-4-17(16)23-20/h1-5,9,14,23H,6-8,10-13H2,(H,22,27). The van der Waals surface area contributed by atoms with Crippen LogP contribution in [0.25, 0.3) is 0 Å². The molecule has 2 amide bonds. The summed E-state index contributed by atoms with van der Waals surface area (Å²) in [6.45, 7) is 2.02. The number of nitrogens with one attached hydrogen (secondary N) is 2. The van der Waals surface area contributed by atoms with Gasteiger partial charge in [0, 0.05) is 43.9 Å². The molecule has 0 aliphatic carbocycles. The van der Waals surface area contributed by atoms with Crippen molar-refractivity contribution in [1.29, 1.82) is 0 Å². The van der Waals surface area contributed by atoms with Crippen LogP contribution in [-0.2, 0) is 22.6 Å². The number of anilines is 2. The van der Waals surface area contributed by atoms with Crippen LogP contribution >= 0.6 is 0 Å². The molecule has 5 rings (SSSR count). The van der Waals surface area contributed by atoms with Crippen LogP contribution in [0.1, 0.15) is 25.0 Å². The third-order valence-electron chi connectivity index (χ3n) is 6.21. The van der Waals surface area contributed by atoms with E-state index in [4.69, 9.17) is 0 Å². The smallest absolute Gasteiger partial charge is 0.250 e. The lowest BCUT2D eigenvalue weighted by molar-refractivity contribution is -0.139. The van der Waals surface area contributed by atoms with Crippen molar-refractivity contribution < 1.29 is 9.59 Å². The van der Waals surface area contributed by atoms with Crippen LogP contribution in [0.2, 0.25) is 0 Å². The Labute approximate surface area is 157 Å². The zero-order chi connectivity index (χ0) is 18.4. The number of carbonyl (C=O) groups is 2. The Morgan fingerprint density at radius 2 is 1.89 bits per heavy atom. The number of nitrogens with zero attached hydrogens (tertiary/aromatic N) is 3. The van der Waals surface area contributed by atoms with Gasteiger partial charge >= 0.3 is 0 Å². The van der Waals surface area contributed by atoms with Crippen molar-refractivity contribution in [1.82, 2.24) is 14.7 Å². The number of benzene rings is 1. The maximum Gasteiger partial charge on any atom is 0.250 e. The first-order chi connectivity index (χ1) is 13.1. The Morgan fingerprint density at radius 3 is 2.70 bits per heavy atom. The maximum atomic E-state index is 13.0. The van der Waals surface area contributed by atoms with Crippen LogP contribution in [-0.4, -0.2) is 45.1 Å². The number of hydrogen-bond donors (Lipinski definition) is 2. The molecule has 0 bridgehead atoms. The Morgan fingerprint density at radius 1 is 1.11 bits per heavy atom. The molecule has 1 unspecified atom stereocenters. The Kier molecular flexibility index (Phi) is 3.70. The molecule has 0 saturated carbocycles. The van der Waals surface area contributed by atoms with Crippen molar-refractivity contribution in [3.05, 3.63) is 42.2 Å². The first-order valence-corrected chi connectivity index (χ1v) is 9.63. The fraction of sp³-hybridized carbons (Fsp3) is 0.450. The summed E-state index contributed by atoms with van der Waals surface area (Å²) in [6, 6.07) is 9.76. The van der Waals surface area contributed by atoms with Crippen molar-refractivity contribution >= 4 is 23.2 Å². The molecule has 2 aromatic rings. The highest BCUT2D eigenvalue weighted by Gasteiger charge is 2.45. The number of aryl methyl sites for hydroxylation is 1. The molecule has 7 heteroatoms. The molecule has 3 aliphatic heterocycles. The van der Waals surface area contributed by atoms with Gasteiger partial charge in [-0.15, -0.1) is 0 Å². The number of carbonyl (C=O) groups excluding carboxylic acids is 2. The molecule has 140 valence electrons. The minimum absolute atomic E-state index is 0.00914. The van der Waals surface area contributed by atoms with Gasteiger partial charge < -0.3 is 15.5 Å². The van der Waals surface area contributed by atoms with E-state index in [2.05, 4.69) is 15.7 Å². The molecule has 0 radical (unpaired) electrons. The minimum Gasteiger partial charge on any atom is -0.369 e. The highest BCUT2D eigenvalue weighted by Crippen LogP contribution is 2.36. The number of aromatic nitrogens is 2. The summed E-state index contributed by atoms with van der Waals surface area (Å²) >= 11 is 0. The monoisotopic (exact) mass is 365 g/mol. The van der Waals surface area contributed by atoms with Gasteiger partial charge in [-0.05, 0) is 37.5 Å². The number of likely N-dealkylation sites (tertiary alicyclic amines) is 1. The van der Waals surface area contributed by atoms with Crippen molar-refractivity contribution in [3.63, 3.8) is 0 Å². The zero-order valence-electron chi connectivity index (χ0n) is 15.1. The lowest BCUT2D eigenvalue weighted by Crippen LogP contribution is -2.59. The van der Waals surface area contributed by atoms with Crippen molar-refractivity contribution in [3.8, 4) is 0 Å². The van der Waals surface area contributed by atoms with E-state index in [-0.39, 0.29) is 17.7 Å². The van der Waals surface area contributed by atoms with Gasteiger partial charge in [0.15, 0.2) is 0 Å². The van der Waals surface area contributed by atoms with Gasteiger partial charge in [0.25, 0.3) is 0 Å². The van der Waals surface area contributed by atoms with Gasteiger partial charge in [-0.1, -0.05) is 12.1 Å². The topological polar surface area (TPSA) is 79.3 Å². The van der Waals surface area contributed by atoms with Crippen LogP contribution in [0.3, 0.4) is 0 Å². The largest absolute Gasteiger partial charge is 0.369 e. The predicted molar refractivity (Wildman–Crippen MR) is 101 cm³/mol. The Hall–Kier alpha value is -2.83. The van der Waals surface area contributed by atoms with Crippen molar-refractivity contribution in [2.75, 3.05) is 23.7 Å². The zero-order valence-corrected chi connectivity index (χ0v) is 15.1. The normalized spacial score (nSPS) is 23.2. The average Bonchev–Trinajstić information content (AvgIpc) is 3.17. The Balaban J connectivity index is 1.27. The molecule has 1 spiro atoms. The number of para-hydroxylation sites is 2. The van der Waals surface area contributed by atoms with Gasteiger partial charge in [0.05, 0.1) is 11.4 Å². The first kappa shape index (κ1) is 16.4. The second kappa shape index (κ2) is 6.11. The first-order valence-electron chi connectivity index (χ1n) is 9.63. The van der Waals surface area contributed by atoms with Gasteiger partial charge in [0.1, 0.15) is 5.54 Å². The molecular weight excluding hydrogens is 342 g/mol. The lowest BCUT2D eigenvalue weighted by Gasteiger charge is -2.45. The van der Waals surface area contributed by atoms with Gasteiger partial charge in [-0.3, -0.25) is 14.3 Å². The molecule has 2 N–H and O–H groups in total. The number of rotatable bonds is 1. The molecular formula is C20H23N5O2. The second-order valence-corrected chi connectivity index (χ2v) is 7.77. The molecule has 1 fully saturated rings. The fourth-order valence-electron chi connectivity index (χ4n) is 4.55. The quantitative estimate of drug-likeness (QED) is 0.809. The van der Waals surface area contributed by atoms with E-state index in [0.717, 1.165) is 36.5 Å². The predicted octanol–water partition coefficient (Wildman–Crippen LogP) is 1.87. The van der Waals surface area contributed by atoms with Crippen LogP contribution in [0, 0.1) is 5.92 Å². The molecule has 1 aromatic carbocycles. The van der Waals surface area contributed by atoms with Crippen LogP contribution in [0.5, 0.6) is 0 Å². The molecule has 1 saturated heterocycles. The lowest BCUT2D eigenvalue weighted by atomic mass is 9.83. The second-order valence-electron chi connectivity index (χ2n) is 7.77. The summed E-state index contributed by atoms with van der Waals surface area (Å²) in [6.07, 6.45) is 4.65. The highest BCUT2D eigenvalue weighted by molar-refractivity contribution is 6.06. The third-order valence-corrected chi connectivity index (χ3v) is 6.21. The summed E-state index contributed by atoms with van der Waals surface area (Å²) in [5.74, 6) is 0.251. The number of fused-ring (bicyclic) bond motifs is 2. The molecule has 4 heterocycles. The highest BCUT2D eigenvalue weighted by atomic mass is 16.2. The summed E-state index contributed by atoms with van der Waals surface area (Å²) in [5, 5.41) is 10.8. The number of piperidine rings is 1. The number of amides is 2. The Bertz CT molecular complexity index is 897. The molecule has 1 aromatic heterocycles. The molecule has 3 aliphatic rings. The van der Waals surface area contributed by atoms with E-state index in [0.29, 0.717) is 25.9 Å². The maximum absolute atomic E-state index is 13.0. The average molecular weight is 365 g/mol. The minimum atomic E-state index is -0.615. The molecule has 27 heavy (non-hydrogen) atoms. The van der Waals surface area contributed by atoms with E-state index in [1.807, 2.05) is 39.9 Å². The van der Waals surface area contributed by atoms with E-state index >= 15 is 0 Å². The summed E-state index contributed by atoms with van der Waals surface area (Å²) < 4.78 is 1.99. The van der Waals surface area contributed by atoms with Crippen molar-refractivity contribution in [2.45, 2.75) is 37.8 Å². The van der Waals surface area contributed by atoms with Crippen LogP contribution in [0.4, 0.5) is 11.4 Å². The summed E-state index contributed by atoms with van der Waals surface area (Å²) in [5.41, 5.74) is 2.30. The summed E-state index contributed by atoms with van der Waals surface area (Å²) in [4.78, 5) is 27.7. The van der Waals surface area contributed by atoms with E-state index in [9.17, 15) is 9.59 Å². The van der Waals surface area contributed by atoms with Crippen molar-refractivity contribution in [2.24, 2.45) is 5.92 Å². The van der Waals surface area contributed by atoms with E-state index in [1.165, 1.54) is 0 Å². The summed E-state index contributed by atoms with van der Waals surface area (Å²) in [7, 11) is 0. The van der Waals surface area contributed by atoms with E-state index in [1.54, 1.807) is 6.20 Å². The van der Waals surface area contributed by atoms with Gasteiger partial charge in [-0.2, -0.15) is 5.10 Å². The van der Waals surface area contributed by atoms with Gasteiger partial charge in [-0.25, -0.2) is 0 Å². The number of hydrogen-bond acceptors (Lipinski definition) is 4. The van der Waals surface area contributed by atoms with Crippen LogP contribution in [0.15, 0.2) is 36.5 Å². The third kappa shape index (κ3) is 2.69. The van der Waals surface area contributed by atoms with E-state index < -0.39 is 5.54 Å². The van der Waals surface area contributed by atoms with Crippen LogP contribution < -0.4 is 10.6 Å². The molecule has 7 nitrogen and oxygen atoms in total. The fourth-order valence-corrected chi connectivity index (χ4v) is 4.55.